The number of rotatable bonds is 3. The molecule has 0 spiro atoms. The predicted octanol–water partition coefficient (Wildman–Crippen LogP) is 1.72. The number of halogens is 1. The maximum atomic E-state index is 11.1. The fraction of sp³-hybridized carbons (Fsp3) is 0.125. The number of hydrogen-bond donors (Lipinski definition) is 1. The Kier molecular flexibility index (Phi) is 3.03. The van der Waals surface area contributed by atoms with Gasteiger partial charge in [0.15, 0.2) is 5.78 Å². The summed E-state index contributed by atoms with van der Waals surface area (Å²) in [5.41, 5.74) is -0.384. The molecule has 1 aromatic rings. The molecule has 1 N–H and O–H groups in total. The first-order chi connectivity index (χ1) is 6.56. The fourth-order valence-corrected chi connectivity index (χ4v) is 1.08. The lowest BCUT2D eigenvalue weighted by Crippen LogP contribution is -2.01. The number of alkyl halides is 1. The van der Waals surface area contributed by atoms with Crippen molar-refractivity contribution in [2.24, 2.45) is 0 Å². The highest BCUT2D eigenvalue weighted by Crippen LogP contribution is 2.23. The van der Waals surface area contributed by atoms with Crippen LogP contribution in [0.2, 0.25) is 0 Å². The second kappa shape index (κ2) is 4.06. The van der Waals surface area contributed by atoms with E-state index in [1.165, 1.54) is 0 Å². The van der Waals surface area contributed by atoms with E-state index >= 15 is 0 Å². The number of carbonyl (C=O) groups excluding carboxylic acids is 1. The Morgan fingerprint density at radius 2 is 2.21 bits per heavy atom. The standard InChI is InChI=1S/C8H6ClNO4/c9-4-8(12)6-3-5(10(13)14)1-2-7(6)11/h1-3,11H,4H2. The highest BCUT2D eigenvalue weighted by atomic mass is 35.5. The second-order valence-corrected chi connectivity index (χ2v) is 2.78. The number of benzene rings is 1. The predicted molar refractivity (Wildman–Crippen MR) is 49.8 cm³/mol. The van der Waals surface area contributed by atoms with Gasteiger partial charge in [0, 0.05) is 12.1 Å². The summed E-state index contributed by atoms with van der Waals surface area (Å²) in [5, 5.41) is 19.6. The van der Waals surface area contributed by atoms with Crippen LogP contribution in [0.5, 0.6) is 5.75 Å². The minimum absolute atomic E-state index is 0.130. The lowest BCUT2D eigenvalue weighted by Gasteiger charge is -2.00. The Morgan fingerprint density at radius 3 is 2.71 bits per heavy atom. The molecule has 74 valence electrons. The molecule has 0 heterocycles. The lowest BCUT2D eigenvalue weighted by atomic mass is 10.1. The van der Waals surface area contributed by atoms with Gasteiger partial charge in [0.05, 0.1) is 16.4 Å². The molecule has 0 aliphatic rings. The Morgan fingerprint density at radius 1 is 1.57 bits per heavy atom. The quantitative estimate of drug-likeness (QED) is 0.360. The first kappa shape index (κ1) is 10.5. The Balaban J connectivity index is 3.21. The van der Waals surface area contributed by atoms with Gasteiger partial charge in [-0.25, -0.2) is 0 Å². The van der Waals surface area contributed by atoms with Gasteiger partial charge < -0.3 is 5.11 Å². The van der Waals surface area contributed by atoms with Crippen LogP contribution in [-0.2, 0) is 0 Å². The molecule has 0 atom stereocenters. The zero-order valence-electron chi connectivity index (χ0n) is 6.94. The molecular formula is C8H6ClNO4. The van der Waals surface area contributed by atoms with Crippen molar-refractivity contribution >= 4 is 23.1 Å². The average molecular weight is 216 g/mol. The number of aromatic hydroxyl groups is 1. The lowest BCUT2D eigenvalue weighted by molar-refractivity contribution is -0.384. The highest BCUT2D eigenvalue weighted by molar-refractivity contribution is 6.30. The largest absolute Gasteiger partial charge is 0.507 e. The zero-order valence-corrected chi connectivity index (χ0v) is 7.69. The molecule has 1 aromatic carbocycles. The van der Waals surface area contributed by atoms with E-state index in [4.69, 9.17) is 11.6 Å². The molecule has 0 saturated heterocycles. The fourth-order valence-electron chi connectivity index (χ4n) is 0.933. The van der Waals surface area contributed by atoms with Gasteiger partial charge >= 0.3 is 0 Å². The van der Waals surface area contributed by atoms with Crippen molar-refractivity contribution in [2.45, 2.75) is 0 Å². The number of phenols is 1. The van der Waals surface area contributed by atoms with E-state index in [-0.39, 0.29) is 22.9 Å². The zero-order chi connectivity index (χ0) is 10.7. The molecule has 0 saturated carbocycles. The summed E-state index contributed by atoms with van der Waals surface area (Å²) in [5.74, 6) is -1.18. The van der Waals surface area contributed by atoms with Crippen LogP contribution >= 0.6 is 11.6 Å². The number of carbonyl (C=O) groups is 1. The first-order valence-electron chi connectivity index (χ1n) is 3.63. The molecule has 5 nitrogen and oxygen atoms in total. The summed E-state index contributed by atoms with van der Waals surface area (Å²) >= 11 is 5.26. The monoisotopic (exact) mass is 215 g/mol. The normalized spacial score (nSPS) is 9.79. The molecule has 1 rings (SSSR count). The molecular weight excluding hydrogens is 210 g/mol. The van der Waals surface area contributed by atoms with Crippen LogP contribution in [-0.4, -0.2) is 21.7 Å². The minimum atomic E-state index is -0.648. The van der Waals surface area contributed by atoms with Crippen LogP contribution in [0.1, 0.15) is 10.4 Å². The van der Waals surface area contributed by atoms with Crippen LogP contribution in [0.3, 0.4) is 0 Å². The number of phenolic OH excluding ortho intramolecular Hbond substituents is 1. The van der Waals surface area contributed by atoms with Gasteiger partial charge in [0.25, 0.3) is 5.69 Å². The number of nitro benzene ring substituents is 1. The topological polar surface area (TPSA) is 80.4 Å². The summed E-state index contributed by atoms with van der Waals surface area (Å²) in [6.45, 7) is 0. The second-order valence-electron chi connectivity index (χ2n) is 2.52. The molecule has 0 aliphatic carbocycles. The molecule has 0 unspecified atom stereocenters. The van der Waals surface area contributed by atoms with Gasteiger partial charge in [-0.2, -0.15) is 0 Å². The third kappa shape index (κ3) is 2.00. The van der Waals surface area contributed by atoms with Crippen LogP contribution in [0.15, 0.2) is 18.2 Å². The van der Waals surface area contributed by atoms with Gasteiger partial charge in [-0.05, 0) is 6.07 Å². The van der Waals surface area contributed by atoms with Crippen molar-refractivity contribution in [1.29, 1.82) is 0 Å². The number of nitro groups is 1. The average Bonchev–Trinajstić information content (AvgIpc) is 2.17. The molecule has 0 bridgehead atoms. The van der Waals surface area contributed by atoms with Gasteiger partial charge in [0.2, 0.25) is 0 Å². The van der Waals surface area contributed by atoms with Crippen LogP contribution < -0.4 is 0 Å². The van der Waals surface area contributed by atoms with Gasteiger partial charge in [0.1, 0.15) is 5.75 Å². The van der Waals surface area contributed by atoms with Crippen molar-refractivity contribution in [1.82, 2.24) is 0 Å². The minimum Gasteiger partial charge on any atom is -0.507 e. The van der Waals surface area contributed by atoms with Crippen LogP contribution in [0, 0.1) is 10.1 Å². The molecule has 0 radical (unpaired) electrons. The van der Waals surface area contributed by atoms with Crippen molar-refractivity contribution in [2.75, 3.05) is 5.88 Å². The number of ketones is 1. The summed E-state index contributed by atoms with van der Waals surface area (Å²) in [6.07, 6.45) is 0. The number of Topliss-reactive ketones (excluding diaryl/α,β-unsaturated/α-hetero) is 1. The number of non-ortho nitro benzene ring substituents is 1. The third-order valence-corrected chi connectivity index (χ3v) is 1.86. The Labute approximate surface area is 84.1 Å². The summed E-state index contributed by atoms with van der Waals surface area (Å²) in [6, 6.07) is 3.21. The van der Waals surface area contributed by atoms with E-state index in [9.17, 15) is 20.0 Å². The van der Waals surface area contributed by atoms with Gasteiger partial charge in [-0.3, -0.25) is 14.9 Å². The summed E-state index contributed by atoms with van der Waals surface area (Å²) in [7, 11) is 0. The summed E-state index contributed by atoms with van der Waals surface area (Å²) < 4.78 is 0. The molecule has 0 aliphatic heterocycles. The SMILES string of the molecule is O=C(CCl)c1cc([N+](=O)[O-])ccc1O. The highest BCUT2D eigenvalue weighted by Gasteiger charge is 2.15. The van der Waals surface area contributed by atoms with E-state index in [0.29, 0.717) is 0 Å². The maximum Gasteiger partial charge on any atom is 0.270 e. The first-order valence-corrected chi connectivity index (χ1v) is 4.16. The third-order valence-electron chi connectivity index (χ3n) is 1.61. The van der Waals surface area contributed by atoms with Crippen molar-refractivity contribution in [3.05, 3.63) is 33.9 Å². The number of hydrogen-bond acceptors (Lipinski definition) is 4. The van der Waals surface area contributed by atoms with Gasteiger partial charge in [-0.1, -0.05) is 0 Å². The molecule has 0 amide bonds. The van der Waals surface area contributed by atoms with Crippen molar-refractivity contribution in [3.63, 3.8) is 0 Å². The molecule has 0 fully saturated rings. The molecule has 14 heavy (non-hydrogen) atoms. The van der Waals surface area contributed by atoms with E-state index < -0.39 is 10.7 Å². The van der Waals surface area contributed by atoms with Crippen LogP contribution in [0.4, 0.5) is 5.69 Å². The van der Waals surface area contributed by atoms with E-state index in [0.717, 1.165) is 18.2 Å². The smallest absolute Gasteiger partial charge is 0.270 e. The molecule has 0 aromatic heterocycles. The number of nitrogens with zero attached hydrogens (tertiary/aromatic N) is 1. The van der Waals surface area contributed by atoms with E-state index in [1.54, 1.807) is 0 Å². The van der Waals surface area contributed by atoms with E-state index in [1.807, 2.05) is 0 Å². The van der Waals surface area contributed by atoms with Crippen LogP contribution in [0.25, 0.3) is 0 Å². The van der Waals surface area contributed by atoms with Crippen molar-refractivity contribution in [3.8, 4) is 5.75 Å². The van der Waals surface area contributed by atoms with E-state index in [2.05, 4.69) is 0 Å². The van der Waals surface area contributed by atoms with Crippen molar-refractivity contribution < 1.29 is 14.8 Å². The Hall–Kier alpha value is -1.62. The Bertz CT molecular complexity index is 391. The summed E-state index contributed by atoms with van der Waals surface area (Å²) in [4.78, 5) is 20.8. The maximum absolute atomic E-state index is 11.1. The molecule has 6 heteroatoms. The van der Waals surface area contributed by atoms with Gasteiger partial charge in [-0.15, -0.1) is 11.6 Å².